The number of anilines is 4. The molecule has 1 aromatic carbocycles. The molecule has 4 N–H and O–H groups in total. The van der Waals surface area contributed by atoms with Crippen molar-refractivity contribution in [1.29, 1.82) is 0 Å². The van der Waals surface area contributed by atoms with Gasteiger partial charge in [0.05, 0.1) is 0 Å². The molecule has 1 atom stereocenters. The van der Waals surface area contributed by atoms with Crippen LogP contribution in [0.2, 0.25) is 0 Å². The highest BCUT2D eigenvalue weighted by molar-refractivity contribution is 5.63. The first-order valence-corrected chi connectivity index (χ1v) is 9.46. The minimum absolute atomic E-state index is 0.0583. The van der Waals surface area contributed by atoms with Crippen LogP contribution in [0.15, 0.2) is 24.4 Å². The molecule has 3 rings (SSSR count). The van der Waals surface area contributed by atoms with Crippen LogP contribution in [-0.4, -0.2) is 35.1 Å². The van der Waals surface area contributed by atoms with Gasteiger partial charge in [-0.3, -0.25) is 0 Å². The van der Waals surface area contributed by atoms with Crippen molar-refractivity contribution in [2.24, 2.45) is 0 Å². The van der Waals surface area contributed by atoms with Gasteiger partial charge in [0.1, 0.15) is 17.2 Å². The number of hydrogen-bond donors (Lipinski definition) is 4. The first-order valence-electron chi connectivity index (χ1n) is 9.46. The van der Waals surface area contributed by atoms with Gasteiger partial charge in [-0.05, 0) is 51.4 Å². The number of nitrogens with one attached hydrogen (secondary N) is 4. The largest absolute Gasteiger partial charge is 0.421 e. The van der Waals surface area contributed by atoms with Gasteiger partial charge in [-0.25, -0.2) is 9.37 Å². The van der Waals surface area contributed by atoms with Gasteiger partial charge in [0.15, 0.2) is 0 Å². The number of hydrogen-bond acceptors (Lipinski definition) is 6. The first kappa shape index (κ1) is 21.1. The Morgan fingerprint density at radius 3 is 2.59 bits per heavy atom. The number of halogens is 4. The fourth-order valence-corrected chi connectivity index (χ4v) is 3.12. The van der Waals surface area contributed by atoms with Crippen LogP contribution in [0.5, 0.6) is 0 Å². The molecule has 2 heterocycles. The molecule has 10 heteroatoms. The molecule has 1 aliphatic heterocycles. The fourth-order valence-electron chi connectivity index (χ4n) is 3.12. The second kappa shape index (κ2) is 8.81. The fraction of sp³-hybridized carbons (Fsp3) is 0.474. The molecule has 1 fully saturated rings. The van der Waals surface area contributed by atoms with E-state index in [0.29, 0.717) is 17.6 Å². The Morgan fingerprint density at radius 2 is 1.93 bits per heavy atom. The number of rotatable bonds is 6. The molecular weight excluding hydrogens is 388 g/mol. The maximum absolute atomic E-state index is 14.1. The lowest BCUT2D eigenvalue weighted by Gasteiger charge is -2.25. The molecule has 0 amide bonds. The highest BCUT2D eigenvalue weighted by Gasteiger charge is 2.35. The summed E-state index contributed by atoms with van der Waals surface area (Å²) in [4.78, 5) is 7.69. The molecule has 0 aliphatic carbocycles. The van der Waals surface area contributed by atoms with Crippen molar-refractivity contribution in [3.63, 3.8) is 0 Å². The highest BCUT2D eigenvalue weighted by atomic mass is 19.4. The lowest BCUT2D eigenvalue weighted by Crippen LogP contribution is -2.38. The molecule has 0 spiro atoms. The summed E-state index contributed by atoms with van der Waals surface area (Å²) in [5, 5.41) is 12.0. The summed E-state index contributed by atoms with van der Waals surface area (Å²) < 4.78 is 53.6. The Kier molecular flexibility index (Phi) is 6.41. The zero-order valence-corrected chi connectivity index (χ0v) is 16.2. The Morgan fingerprint density at radius 1 is 1.17 bits per heavy atom. The summed E-state index contributed by atoms with van der Waals surface area (Å²) in [5.41, 5.74) is -0.0386. The average Bonchev–Trinajstić information content (AvgIpc) is 2.60. The first-order chi connectivity index (χ1) is 13.7. The normalized spacial score (nSPS) is 17.3. The van der Waals surface area contributed by atoms with E-state index in [0.717, 1.165) is 25.9 Å². The number of aromatic nitrogens is 2. The van der Waals surface area contributed by atoms with Crippen LogP contribution in [0.1, 0.15) is 32.3 Å². The van der Waals surface area contributed by atoms with Crippen molar-refractivity contribution in [2.75, 3.05) is 29.0 Å². The predicted molar refractivity (Wildman–Crippen MR) is 105 cm³/mol. The van der Waals surface area contributed by atoms with Crippen LogP contribution in [0, 0.1) is 5.82 Å². The van der Waals surface area contributed by atoms with E-state index in [1.54, 1.807) is 19.9 Å². The van der Waals surface area contributed by atoms with Gasteiger partial charge in [-0.15, -0.1) is 0 Å². The van der Waals surface area contributed by atoms with Crippen molar-refractivity contribution >= 4 is 23.1 Å². The number of benzene rings is 1. The molecule has 1 aliphatic rings. The third kappa shape index (κ3) is 5.93. The van der Waals surface area contributed by atoms with Crippen molar-refractivity contribution in [3.8, 4) is 0 Å². The van der Waals surface area contributed by atoms with Crippen LogP contribution in [0.25, 0.3) is 0 Å². The lowest BCUT2D eigenvalue weighted by atomic mass is 10.1. The molecule has 0 saturated carbocycles. The summed E-state index contributed by atoms with van der Waals surface area (Å²) in [7, 11) is 0. The third-order valence-electron chi connectivity index (χ3n) is 4.34. The van der Waals surface area contributed by atoms with E-state index in [1.165, 1.54) is 12.1 Å². The molecule has 0 unspecified atom stereocenters. The van der Waals surface area contributed by atoms with Gasteiger partial charge < -0.3 is 21.3 Å². The quantitative estimate of drug-likeness (QED) is 0.529. The molecule has 0 radical (unpaired) electrons. The highest BCUT2D eigenvalue weighted by Crippen LogP contribution is 2.34. The SMILES string of the molecule is CC(C)Nc1nc(Nc2cc(F)cc(N[C@@H]3CCCNC3)c2)ncc1C(F)(F)F. The predicted octanol–water partition coefficient (Wildman–Crippen LogP) is 4.36. The molecule has 1 saturated heterocycles. The second-order valence-electron chi connectivity index (χ2n) is 7.29. The summed E-state index contributed by atoms with van der Waals surface area (Å²) in [5.74, 6) is -0.862. The summed E-state index contributed by atoms with van der Waals surface area (Å²) in [6, 6.07) is 4.21. The lowest BCUT2D eigenvalue weighted by molar-refractivity contribution is -0.137. The van der Waals surface area contributed by atoms with E-state index in [2.05, 4.69) is 31.2 Å². The van der Waals surface area contributed by atoms with Crippen LogP contribution < -0.4 is 21.3 Å². The van der Waals surface area contributed by atoms with Crippen LogP contribution in [0.3, 0.4) is 0 Å². The molecule has 158 valence electrons. The van der Waals surface area contributed by atoms with Crippen molar-refractivity contribution < 1.29 is 17.6 Å². The van der Waals surface area contributed by atoms with Gasteiger partial charge in [-0.1, -0.05) is 0 Å². The van der Waals surface area contributed by atoms with E-state index in [-0.39, 0.29) is 23.8 Å². The average molecular weight is 412 g/mol. The molecular formula is C19H24F4N6. The summed E-state index contributed by atoms with van der Waals surface area (Å²) >= 11 is 0. The monoisotopic (exact) mass is 412 g/mol. The van der Waals surface area contributed by atoms with Crippen molar-refractivity contribution in [3.05, 3.63) is 35.8 Å². The zero-order valence-electron chi connectivity index (χ0n) is 16.2. The number of nitrogens with zero attached hydrogens (tertiary/aromatic N) is 2. The number of alkyl halides is 3. The summed E-state index contributed by atoms with van der Waals surface area (Å²) in [6.45, 7) is 5.16. The van der Waals surface area contributed by atoms with E-state index < -0.39 is 17.6 Å². The van der Waals surface area contributed by atoms with Gasteiger partial charge in [0.25, 0.3) is 0 Å². The standard InChI is InChI=1S/C19H24F4N6/c1-11(2)26-17-16(19(21,22)23)10-25-18(29-17)28-15-7-12(20)6-14(8-15)27-13-4-3-5-24-9-13/h6-8,10-11,13,24,27H,3-5,9H2,1-2H3,(H2,25,26,28,29)/t13-/m1/s1. The Labute approximate surface area is 166 Å². The summed E-state index contributed by atoms with van der Waals surface area (Å²) in [6.07, 6.45) is -1.87. The van der Waals surface area contributed by atoms with Gasteiger partial charge in [0.2, 0.25) is 5.95 Å². The Balaban J connectivity index is 1.81. The molecule has 29 heavy (non-hydrogen) atoms. The van der Waals surface area contributed by atoms with Crippen LogP contribution in [0.4, 0.5) is 40.7 Å². The van der Waals surface area contributed by atoms with Crippen LogP contribution >= 0.6 is 0 Å². The van der Waals surface area contributed by atoms with Gasteiger partial charge in [-0.2, -0.15) is 18.2 Å². The third-order valence-corrected chi connectivity index (χ3v) is 4.34. The Hall–Kier alpha value is -2.62. The molecule has 0 bridgehead atoms. The Bertz CT molecular complexity index is 834. The maximum atomic E-state index is 14.1. The van der Waals surface area contributed by atoms with Gasteiger partial charge >= 0.3 is 6.18 Å². The van der Waals surface area contributed by atoms with E-state index in [4.69, 9.17) is 0 Å². The van der Waals surface area contributed by atoms with E-state index >= 15 is 0 Å². The molecule has 1 aromatic heterocycles. The minimum atomic E-state index is -4.58. The van der Waals surface area contributed by atoms with E-state index in [1.807, 2.05) is 0 Å². The zero-order chi connectivity index (χ0) is 21.0. The smallest absolute Gasteiger partial charge is 0.381 e. The molecule has 6 nitrogen and oxygen atoms in total. The minimum Gasteiger partial charge on any atom is -0.381 e. The maximum Gasteiger partial charge on any atom is 0.421 e. The van der Waals surface area contributed by atoms with Crippen molar-refractivity contribution in [1.82, 2.24) is 15.3 Å². The molecule has 2 aromatic rings. The number of piperidine rings is 1. The van der Waals surface area contributed by atoms with Crippen LogP contribution in [-0.2, 0) is 6.18 Å². The van der Waals surface area contributed by atoms with E-state index in [9.17, 15) is 17.6 Å². The van der Waals surface area contributed by atoms with Crippen molar-refractivity contribution in [2.45, 2.75) is 44.9 Å². The topological polar surface area (TPSA) is 73.9 Å². The van der Waals surface area contributed by atoms with Gasteiger partial charge in [0, 0.05) is 36.2 Å². The second-order valence-corrected chi connectivity index (χ2v) is 7.29.